The molecule has 1 heterocycles. The molecule has 19 heavy (non-hydrogen) atoms. The molecule has 0 spiro atoms. The monoisotopic (exact) mass is 266 g/mol. The van der Waals surface area contributed by atoms with E-state index in [4.69, 9.17) is 0 Å². The molecular weight excluding hydrogens is 240 g/mol. The Kier molecular flexibility index (Phi) is 3.19. The Morgan fingerprint density at radius 1 is 1.21 bits per heavy atom. The van der Waals surface area contributed by atoms with E-state index in [9.17, 15) is 9.59 Å². The fourth-order valence-corrected chi connectivity index (χ4v) is 3.52. The van der Waals surface area contributed by atoms with E-state index in [0.717, 1.165) is 0 Å². The minimum Gasteiger partial charge on any atom is -0.343 e. The van der Waals surface area contributed by atoms with Gasteiger partial charge in [-0.15, -0.1) is 0 Å². The molecule has 1 aliphatic carbocycles. The lowest BCUT2D eigenvalue weighted by Gasteiger charge is -2.34. The molecule has 4 heteroatoms. The van der Waals surface area contributed by atoms with Crippen LogP contribution in [0, 0.1) is 16.7 Å². The maximum absolute atomic E-state index is 12.6. The van der Waals surface area contributed by atoms with Gasteiger partial charge in [-0.25, -0.2) is 0 Å². The highest BCUT2D eigenvalue weighted by molar-refractivity contribution is 5.95. The van der Waals surface area contributed by atoms with Crippen molar-refractivity contribution in [3.63, 3.8) is 0 Å². The Labute approximate surface area is 115 Å². The van der Waals surface area contributed by atoms with Crippen LogP contribution < -0.4 is 5.32 Å². The van der Waals surface area contributed by atoms with Gasteiger partial charge in [-0.3, -0.25) is 9.59 Å². The van der Waals surface area contributed by atoms with Crippen LogP contribution in [-0.2, 0) is 9.59 Å². The lowest BCUT2D eigenvalue weighted by atomic mass is 10.0. The van der Waals surface area contributed by atoms with E-state index in [2.05, 4.69) is 46.9 Å². The van der Waals surface area contributed by atoms with Crippen molar-refractivity contribution in [3.05, 3.63) is 0 Å². The molecule has 2 aliphatic rings. The molecule has 0 aromatic carbocycles. The molecule has 0 aromatic heterocycles. The highest BCUT2D eigenvalue weighted by Gasteiger charge is 2.68. The van der Waals surface area contributed by atoms with Gasteiger partial charge >= 0.3 is 0 Å². The van der Waals surface area contributed by atoms with Gasteiger partial charge in [0, 0.05) is 6.04 Å². The molecule has 0 aromatic rings. The molecule has 2 rings (SSSR count). The number of hydrogen-bond acceptors (Lipinski definition) is 2. The standard InChI is InChI=1S/C15H26N2O2/c1-9(2)7-10-12(19)17(8-11(18)16-10)13-14(3,4)15(13,5)6/h9-10,13H,7-8H2,1-6H3,(H,16,18). The number of piperazine rings is 1. The fraction of sp³-hybridized carbons (Fsp3) is 0.867. The number of hydrogen-bond donors (Lipinski definition) is 1. The summed E-state index contributed by atoms with van der Waals surface area (Å²) >= 11 is 0. The molecule has 2 amide bonds. The molecule has 1 aliphatic heterocycles. The Morgan fingerprint density at radius 2 is 1.74 bits per heavy atom. The van der Waals surface area contributed by atoms with E-state index in [1.54, 1.807) is 0 Å². The number of amides is 2. The highest BCUT2D eigenvalue weighted by Crippen LogP contribution is 2.65. The van der Waals surface area contributed by atoms with E-state index in [-0.39, 0.29) is 41.3 Å². The van der Waals surface area contributed by atoms with Crippen LogP contribution in [0.4, 0.5) is 0 Å². The van der Waals surface area contributed by atoms with Gasteiger partial charge in [-0.2, -0.15) is 0 Å². The maximum Gasteiger partial charge on any atom is 0.245 e. The van der Waals surface area contributed by atoms with Gasteiger partial charge in [0.1, 0.15) is 6.04 Å². The summed E-state index contributed by atoms with van der Waals surface area (Å²) in [5.74, 6) is 0.468. The van der Waals surface area contributed by atoms with Crippen LogP contribution in [0.15, 0.2) is 0 Å². The van der Waals surface area contributed by atoms with Crippen molar-refractivity contribution in [1.82, 2.24) is 10.2 Å². The van der Waals surface area contributed by atoms with E-state index < -0.39 is 0 Å². The smallest absolute Gasteiger partial charge is 0.245 e. The average molecular weight is 266 g/mol. The Morgan fingerprint density at radius 3 is 2.16 bits per heavy atom. The third-order valence-electron chi connectivity index (χ3n) is 5.19. The molecule has 4 nitrogen and oxygen atoms in total. The number of rotatable bonds is 3. The van der Waals surface area contributed by atoms with Crippen molar-refractivity contribution >= 4 is 11.8 Å². The normalized spacial score (nSPS) is 29.6. The van der Waals surface area contributed by atoms with Crippen molar-refractivity contribution in [2.45, 2.75) is 60.0 Å². The quantitative estimate of drug-likeness (QED) is 0.846. The van der Waals surface area contributed by atoms with Gasteiger partial charge in [0.05, 0.1) is 6.54 Å². The first kappa shape index (κ1) is 14.4. The number of carbonyl (C=O) groups excluding carboxylic acids is 2. The zero-order valence-corrected chi connectivity index (χ0v) is 12.9. The average Bonchev–Trinajstić information content (AvgIpc) is 2.63. The maximum atomic E-state index is 12.6. The van der Waals surface area contributed by atoms with E-state index >= 15 is 0 Å². The van der Waals surface area contributed by atoms with Crippen LogP contribution in [0.3, 0.4) is 0 Å². The predicted octanol–water partition coefficient (Wildman–Crippen LogP) is 1.79. The summed E-state index contributed by atoms with van der Waals surface area (Å²) in [5, 5.41) is 2.83. The Balaban J connectivity index is 2.18. The molecule has 0 bridgehead atoms. The molecule has 0 radical (unpaired) electrons. The molecule has 1 saturated carbocycles. The fourth-order valence-electron chi connectivity index (χ4n) is 3.52. The summed E-state index contributed by atoms with van der Waals surface area (Å²) < 4.78 is 0. The van der Waals surface area contributed by atoms with Crippen LogP contribution in [0.1, 0.15) is 48.0 Å². The van der Waals surface area contributed by atoms with E-state index in [1.165, 1.54) is 0 Å². The molecule has 1 saturated heterocycles. The lowest BCUT2D eigenvalue weighted by Crippen LogP contribution is -2.59. The summed E-state index contributed by atoms with van der Waals surface area (Å²) in [7, 11) is 0. The minimum absolute atomic E-state index is 0.0243. The Bertz CT molecular complexity index is 398. The SMILES string of the molecule is CC(C)CC1NC(=O)CN(C2C(C)(C)C2(C)C)C1=O. The van der Waals surface area contributed by atoms with Gasteiger partial charge in [0.2, 0.25) is 11.8 Å². The van der Waals surface area contributed by atoms with Crippen molar-refractivity contribution in [1.29, 1.82) is 0 Å². The van der Waals surface area contributed by atoms with Gasteiger partial charge in [0.25, 0.3) is 0 Å². The first-order valence-electron chi connectivity index (χ1n) is 7.19. The second-order valence-corrected chi connectivity index (χ2v) is 7.56. The van der Waals surface area contributed by atoms with Crippen molar-refractivity contribution < 1.29 is 9.59 Å². The summed E-state index contributed by atoms with van der Waals surface area (Å²) in [6.07, 6.45) is 0.717. The van der Waals surface area contributed by atoms with Gasteiger partial charge in [-0.1, -0.05) is 41.5 Å². The second-order valence-electron chi connectivity index (χ2n) is 7.56. The number of carbonyl (C=O) groups is 2. The van der Waals surface area contributed by atoms with Crippen LogP contribution >= 0.6 is 0 Å². The third kappa shape index (κ3) is 2.15. The van der Waals surface area contributed by atoms with E-state index in [0.29, 0.717) is 12.3 Å². The molecule has 2 fully saturated rings. The summed E-state index contributed by atoms with van der Waals surface area (Å²) in [6, 6.07) is -0.165. The second kappa shape index (κ2) is 4.22. The first-order chi connectivity index (χ1) is 8.59. The summed E-state index contributed by atoms with van der Waals surface area (Å²) in [5.41, 5.74) is 0.172. The van der Waals surface area contributed by atoms with Crippen molar-refractivity contribution in [3.8, 4) is 0 Å². The molecule has 1 atom stereocenters. The largest absolute Gasteiger partial charge is 0.343 e. The van der Waals surface area contributed by atoms with Crippen molar-refractivity contribution in [2.24, 2.45) is 16.7 Å². The van der Waals surface area contributed by atoms with Gasteiger partial charge < -0.3 is 10.2 Å². The molecular formula is C15H26N2O2. The van der Waals surface area contributed by atoms with Gasteiger partial charge in [0.15, 0.2) is 0 Å². The first-order valence-corrected chi connectivity index (χ1v) is 7.19. The zero-order valence-electron chi connectivity index (χ0n) is 12.9. The number of nitrogens with one attached hydrogen (secondary N) is 1. The lowest BCUT2D eigenvalue weighted by molar-refractivity contribution is -0.146. The minimum atomic E-state index is -0.339. The highest BCUT2D eigenvalue weighted by atomic mass is 16.2. The molecule has 1 unspecified atom stereocenters. The van der Waals surface area contributed by atoms with Gasteiger partial charge in [-0.05, 0) is 23.2 Å². The predicted molar refractivity (Wildman–Crippen MR) is 74.4 cm³/mol. The van der Waals surface area contributed by atoms with Crippen LogP contribution in [0.25, 0.3) is 0 Å². The van der Waals surface area contributed by atoms with E-state index in [1.807, 2.05) is 4.90 Å². The summed E-state index contributed by atoms with van der Waals surface area (Å²) in [6.45, 7) is 13.1. The number of nitrogens with zero attached hydrogens (tertiary/aromatic N) is 1. The Hall–Kier alpha value is -1.06. The van der Waals surface area contributed by atoms with Crippen LogP contribution in [0.5, 0.6) is 0 Å². The zero-order chi connectivity index (χ0) is 14.6. The summed E-state index contributed by atoms with van der Waals surface area (Å²) in [4.78, 5) is 26.2. The topological polar surface area (TPSA) is 49.4 Å². The van der Waals surface area contributed by atoms with Crippen molar-refractivity contribution in [2.75, 3.05) is 6.54 Å². The molecule has 108 valence electrons. The molecule has 1 N–H and O–H groups in total. The van der Waals surface area contributed by atoms with Crippen LogP contribution in [0.2, 0.25) is 0 Å². The van der Waals surface area contributed by atoms with Crippen LogP contribution in [-0.4, -0.2) is 35.3 Å². The third-order valence-corrected chi connectivity index (χ3v) is 5.19.